The van der Waals surface area contributed by atoms with E-state index in [1.165, 1.54) is 16.3 Å². The first kappa shape index (κ1) is 12.4. The maximum absolute atomic E-state index is 4.76. The van der Waals surface area contributed by atoms with E-state index in [9.17, 15) is 0 Å². The van der Waals surface area contributed by atoms with Crippen LogP contribution in [0.3, 0.4) is 0 Å². The van der Waals surface area contributed by atoms with Crippen molar-refractivity contribution in [3.63, 3.8) is 0 Å². The summed E-state index contributed by atoms with van der Waals surface area (Å²) in [7, 11) is 0. The molecule has 0 amide bonds. The molecular weight excluding hydrogens is 380 g/mol. The number of fused-ring (bicyclic) bond motifs is 5. The van der Waals surface area contributed by atoms with Gasteiger partial charge in [0.25, 0.3) is 0 Å². The Kier molecular flexibility index (Phi) is 2.66. The third-order valence-electron chi connectivity index (χ3n) is 3.63. The van der Waals surface area contributed by atoms with Gasteiger partial charge in [-0.1, -0.05) is 24.3 Å². The Bertz CT molecular complexity index is 986. The number of benzene rings is 2. The molecule has 0 fully saturated rings. The van der Waals surface area contributed by atoms with Gasteiger partial charge in [-0.2, -0.15) is 0 Å². The van der Waals surface area contributed by atoms with E-state index < -0.39 is 0 Å². The topological polar surface area (TPSA) is 17.3 Å². The summed E-state index contributed by atoms with van der Waals surface area (Å²) in [6.45, 7) is 2.07. The predicted octanol–water partition coefficient (Wildman–Crippen LogP) is 5.47. The number of hydrogen-bond donors (Lipinski definition) is 0. The second-order valence-electron chi connectivity index (χ2n) is 4.89. The van der Waals surface area contributed by atoms with Crippen LogP contribution in [-0.2, 0) is 0 Å². The molecule has 98 valence electrons. The summed E-state index contributed by atoms with van der Waals surface area (Å²) in [6, 6.07) is 12.6. The molecular formula is C16H10Br2N2. The van der Waals surface area contributed by atoms with E-state index in [4.69, 9.17) is 4.98 Å². The van der Waals surface area contributed by atoms with Crippen LogP contribution >= 0.6 is 31.9 Å². The second kappa shape index (κ2) is 4.30. The van der Waals surface area contributed by atoms with Gasteiger partial charge in [0.1, 0.15) is 0 Å². The van der Waals surface area contributed by atoms with Crippen LogP contribution in [0.4, 0.5) is 0 Å². The molecule has 2 heterocycles. The predicted molar refractivity (Wildman–Crippen MR) is 90.3 cm³/mol. The Hall–Kier alpha value is -1.39. The lowest BCUT2D eigenvalue weighted by molar-refractivity contribution is 1.17. The zero-order valence-electron chi connectivity index (χ0n) is 10.7. The fourth-order valence-corrected chi connectivity index (χ4v) is 3.42. The van der Waals surface area contributed by atoms with Crippen LogP contribution in [0, 0.1) is 6.92 Å². The van der Waals surface area contributed by atoms with Crippen molar-refractivity contribution in [2.24, 2.45) is 0 Å². The summed E-state index contributed by atoms with van der Waals surface area (Å²) in [5.74, 6) is 0. The van der Waals surface area contributed by atoms with Gasteiger partial charge >= 0.3 is 0 Å². The van der Waals surface area contributed by atoms with E-state index in [0.29, 0.717) is 0 Å². The summed E-state index contributed by atoms with van der Waals surface area (Å²) in [5.41, 5.74) is 4.33. The highest BCUT2D eigenvalue weighted by Gasteiger charge is 2.11. The molecule has 0 saturated heterocycles. The quantitative estimate of drug-likeness (QED) is 0.389. The largest absolute Gasteiger partial charge is 0.312 e. The number of halogens is 2. The smallest absolute Gasteiger partial charge is 0.0886 e. The molecule has 0 radical (unpaired) electrons. The molecule has 0 aliphatic heterocycles. The minimum atomic E-state index is 0.991. The normalized spacial score (nSPS) is 11.8. The average molecular weight is 390 g/mol. The zero-order chi connectivity index (χ0) is 13.9. The van der Waals surface area contributed by atoms with Crippen molar-refractivity contribution < 1.29 is 0 Å². The van der Waals surface area contributed by atoms with Gasteiger partial charge in [-0.25, -0.2) is 4.98 Å². The highest BCUT2D eigenvalue weighted by atomic mass is 79.9. The third kappa shape index (κ3) is 1.64. The minimum Gasteiger partial charge on any atom is -0.312 e. The van der Waals surface area contributed by atoms with Crippen molar-refractivity contribution in [2.75, 3.05) is 0 Å². The molecule has 4 heteroatoms. The van der Waals surface area contributed by atoms with Gasteiger partial charge in [0, 0.05) is 25.9 Å². The zero-order valence-corrected chi connectivity index (χ0v) is 13.9. The van der Waals surface area contributed by atoms with E-state index in [2.05, 4.69) is 85.8 Å². The fraction of sp³-hybridized carbons (Fsp3) is 0.0625. The molecule has 0 aliphatic rings. The highest BCUT2D eigenvalue weighted by molar-refractivity contribution is 9.13. The van der Waals surface area contributed by atoms with Crippen LogP contribution in [0.2, 0.25) is 0 Å². The summed E-state index contributed by atoms with van der Waals surface area (Å²) in [5, 5.41) is 2.49. The number of aryl methyl sites for hydroxylation is 1. The van der Waals surface area contributed by atoms with Gasteiger partial charge < -0.3 is 4.40 Å². The molecule has 0 N–H and O–H groups in total. The highest BCUT2D eigenvalue weighted by Crippen LogP contribution is 2.32. The summed E-state index contributed by atoms with van der Waals surface area (Å²) in [6.07, 6.45) is 2.18. The average Bonchev–Trinajstić information content (AvgIpc) is 2.81. The Morgan fingerprint density at radius 1 is 1.05 bits per heavy atom. The molecule has 0 bridgehead atoms. The maximum atomic E-state index is 4.76. The molecule has 0 saturated carbocycles. The van der Waals surface area contributed by atoms with Gasteiger partial charge in [-0.3, -0.25) is 0 Å². The Morgan fingerprint density at radius 2 is 1.80 bits per heavy atom. The standard InChI is InChI=1S/C16H10Br2N2/c1-9-16-11-5-3-2-4-10(11)8-20(16)15-7-13(18)12(17)6-14(15)19-9/h2-8H,1H3. The van der Waals surface area contributed by atoms with Crippen molar-refractivity contribution in [2.45, 2.75) is 6.92 Å². The van der Waals surface area contributed by atoms with Crippen molar-refractivity contribution in [1.29, 1.82) is 0 Å². The lowest BCUT2D eigenvalue weighted by Crippen LogP contribution is -1.94. The number of rotatable bonds is 0. The van der Waals surface area contributed by atoms with Crippen LogP contribution in [0.1, 0.15) is 5.69 Å². The van der Waals surface area contributed by atoms with Crippen LogP contribution in [0.5, 0.6) is 0 Å². The fourth-order valence-electron chi connectivity index (χ4n) is 2.76. The number of nitrogens with zero attached hydrogens (tertiary/aromatic N) is 2. The van der Waals surface area contributed by atoms with E-state index in [1.807, 2.05) is 0 Å². The SMILES string of the molecule is Cc1nc2cc(Br)c(Br)cc2n2cc3ccccc3c12. The maximum Gasteiger partial charge on any atom is 0.0886 e. The lowest BCUT2D eigenvalue weighted by Gasteiger charge is -2.07. The van der Waals surface area contributed by atoms with E-state index in [1.54, 1.807) is 0 Å². The van der Waals surface area contributed by atoms with Crippen molar-refractivity contribution in [3.8, 4) is 0 Å². The van der Waals surface area contributed by atoms with Crippen LogP contribution in [0.25, 0.3) is 27.3 Å². The number of aromatic nitrogens is 2. The van der Waals surface area contributed by atoms with Gasteiger partial charge in [0.05, 0.1) is 22.2 Å². The number of hydrogen-bond acceptors (Lipinski definition) is 1. The molecule has 0 atom stereocenters. The van der Waals surface area contributed by atoms with Crippen LogP contribution in [0.15, 0.2) is 51.5 Å². The van der Waals surface area contributed by atoms with Gasteiger partial charge in [0.2, 0.25) is 0 Å². The second-order valence-corrected chi connectivity index (χ2v) is 6.60. The summed E-state index contributed by atoms with van der Waals surface area (Å²) < 4.78 is 4.29. The van der Waals surface area contributed by atoms with E-state index in [0.717, 1.165) is 25.7 Å². The van der Waals surface area contributed by atoms with E-state index >= 15 is 0 Å². The molecule has 0 unspecified atom stereocenters. The molecule has 2 nitrogen and oxygen atoms in total. The van der Waals surface area contributed by atoms with Crippen molar-refractivity contribution in [3.05, 3.63) is 57.2 Å². The Balaban J connectivity index is 2.32. The van der Waals surface area contributed by atoms with Crippen LogP contribution < -0.4 is 0 Å². The van der Waals surface area contributed by atoms with Crippen LogP contribution in [-0.4, -0.2) is 9.38 Å². The molecule has 2 aromatic carbocycles. The molecule has 2 aromatic heterocycles. The molecule has 4 rings (SSSR count). The first-order valence-corrected chi connectivity index (χ1v) is 7.89. The molecule has 0 spiro atoms. The van der Waals surface area contributed by atoms with Gasteiger partial charge in [0.15, 0.2) is 0 Å². The van der Waals surface area contributed by atoms with Crippen molar-refractivity contribution in [1.82, 2.24) is 9.38 Å². The Labute approximate surface area is 132 Å². The Morgan fingerprint density at radius 3 is 2.65 bits per heavy atom. The van der Waals surface area contributed by atoms with E-state index in [-0.39, 0.29) is 0 Å². The lowest BCUT2D eigenvalue weighted by atomic mass is 10.2. The summed E-state index contributed by atoms with van der Waals surface area (Å²) in [4.78, 5) is 4.76. The summed E-state index contributed by atoms with van der Waals surface area (Å²) >= 11 is 7.12. The molecule has 0 aliphatic carbocycles. The monoisotopic (exact) mass is 388 g/mol. The first-order chi connectivity index (χ1) is 9.65. The first-order valence-electron chi connectivity index (χ1n) is 6.30. The minimum absolute atomic E-state index is 0.991. The molecule has 4 aromatic rings. The third-order valence-corrected chi connectivity index (χ3v) is 5.48. The van der Waals surface area contributed by atoms with Gasteiger partial charge in [-0.15, -0.1) is 0 Å². The van der Waals surface area contributed by atoms with Gasteiger partial charge in [-0.05, 0) is 50.9 Å². The van der Waals surface area contributed by atoms with Crippen molar-refractivity contribution >= 4 is 59.2 Å². The molecule has 20 heavy (non-hydrogen) atoms.